The van der Waals surface area contributed by atoms with Crippen molar-refractivity contribution in [2.24, 2.45) is 0 Å². The molecule has 0 radical (unpaired) electrons. The molecule has 2 saturated heterocycles. The highest BCUT2D eigenvalue weighted by molar-refractivity contribution is 7.13. The Morgan fingerprint density at radius 3 is 2.84 bits per heavy atom. The predicted molar refractivity (Wildman–Crippen MR) is 123 cm³/mol. The molecule has 3 fully saturated rings. The first-order valence-corrected chi connectivity index (χ1v) is 12.4. The molecule has 0 amide bonds. The number of hydrogen-bond acceptors (Lipinski definition) is 8. The molecule has 170 valence electrons. The van der Waals surface area contributed by atoms with Gasteiger partial charge in [-0.1, -0.05) is 0 Å². The fourth-order valence-electron chi connectivity index (χ4n) is 4.85. The second-order valence-electron chi connectivity index (χ2n) is 9.32. The molecule has 0 spiro atoms. The van der Waals surface area contributed by atoms with E-state index in [0.717, 1.165) is 83.9 Å². The minimum absolute atomic E-state index is 0.0706. The Hall–Kier alpha value is -2.07. The van der Waals surface area contributed by atoms with Crippen LogP contribution in [0.1, 0.15) is 56.5 Å². The molecule has 0 bridgehead atoms. The van der Waals surface area contributed by atoms with Crippen LogP contribution in [0.15, 0.2) is 12.1 Å². The van der Waals surface area contributed by atoms with E-state index in [1.165, 1.54) is 11.5 Å². The number of rotatable bonds is 4. The van der Waals surface area contributed by atoms with Crippen LogP contribution in [0.5, 0.6) is 0 Å². The van der Waals surface area contributed by atoms with Gasteiger partial charge in [0.05, 0.1) is 40.9 Å². The molecule has 3 aliphatic rings. The third kappa shape index (κ3) is 3.42. The maximum atomic E-state index is 11.1. The lowest BCUT2D eigenvalue weighted by Gasteiger charge is -2.34. The van der Waals surface area contributed by atoms with E-state index in [-0.39, 0.29) is 12.3 Å². The van der Waals surface area contributed by atoms with Crippen LogP contribution in [0.3, 0.4) is 0 Å². The van der Waals surface area contributed by atoms with Gasteiger partial charge in [0.1, 0.15) is 17.0 Å². The summed E-state index contributed by atoms with van der Waals surface area (Å²) in [5.41, 5.74) is 3.74. The number of pyridine rings is 1. The molecule has 6 rings (SSSR count). The minimum atomic E-state index is -0.766. The second kappa shape index (κ2) is 7.76. The lowest BCUT2D eigenvalue weighted by atomic mass is 10.1. The zero-order valence-corrected chi connectivity index (χ0v) is 19.4. The normalized spacial score (nSPS) is 25.4. The molecule has 3 aromatic rings. The van der Waals surface area contributed by atoms with Crippen molar-refractivity contribution in [1.82, 2.24) is 19.1 Å². The van der Waals surface area contributed by atoms with E-state index in [9.17, 15) is 5.11 Å². The number of hydrogen-bond donors (Lipinski definition) is 1. The smallest absolute Gasteiger partial charge is 0.150 e. The van der Waals surface area contributed by atoms with E-state index in [1.54, 1.807) is 0 Å². The molecular formula is C23H29N5O3S. The first-order valence-electron chi connectivity index (χ1n) is 11.6. The van der Waals surface area contributed by atoms with E-state index in [4.69, 9.17) is 23.9 Å². The Morgan fingerprint density at radius 1 is 1.22 bits per heavy atom. The van der Waals surface area contributed by atoms with Gasteiger partial charge >= 0.3 is 0 Å². The molecular weight excluding hydrogens is 426 g/mol. The summed E-state index contributed by atoms with van der Waals surface area (Å²) in [6.45, 7) is 7.07. The highest BCUT2D eigenvalue weighted by Gasteiger charge is 2.45. The van der Waals surface area contributed by atoms with Gasteiger partial charge in [0.2, 0.25) is 0 Å². The summed E-state index contributed by atoms with van der Waals surface area (Å²) in [5, 5.41) is 15.9. The Labute approximate surface area is 191 Å². The maximum Gasteiger partial charge on any atom is 0.150 e. The van der Waals surface area contributed by atoms with Crippen LogP contribution in [0.2, 0.25) is 0 Å². The van der Waals surface area contributed by atoms with Gasteiger partial charge in [-0.3, -0.25) is 0 Å². The number of aromatic nitrogens is 4. The van der Waals surface area contributed by atoms with Gasteiger partial charge in [-0.05, 0) is 69.6 Å². The molecule has 2 aliphatic heterocycles. The first kappa shape index (κ1) is 20.5. The lowest BCUT2D eigenvalue weighted by molar-refractivity contribution is -0.0385. The van der Waals surface area contributed by atoms with Gasteiger partial charge in [-0.15, -0.1) is 0 Å². The maximum absolute atomic E-state index is 11.1. The lowest BCUT2D eigenvalue weighted by Crippen LogP contribution is -2.44. The molecule has 5 heterocycles. The van der Waals surface area contributed by atoms with Crippen LogP contribution in [0, 0.1) is 6.92 Å². The Balaban J connectivity index is 1.51. The van der Waals surface area contributed by atoms with Crippen molar-refractivity contribution < 1.29 is 14.6 Å². The highest BCUT2D eigenvalue weighted by atomic mass is 32.1. The fraction of sp³-hybridized carbons (Fsp3) is 0.609. The summed E-state index contributed by atoms with van der Waals surface area (Å²) in [5.74, 6) is 0.891. The first-order chi connectivity index (χ1) is 15.5. The Kier molecular flexibility index (Phi) is 4.98. The van der Waals surface area contributed by atoms with E-state index in [0.29, 0.717) is 13.2 Å². The van der Waals surface area contributed by atoms with E-state index < -0.39 is 5.60 Å². The zero-order valence-electron chi connectivity index (χ0n) is 18.6. The van der Waals surface area contributed by atoms with Crippen LogP contribution in [-0.4, -0.2) is 56.7 Å². The van der Waals surface area contributed by atoms with Crippen molar-refractivity contribution in [2.75, 3.05) is 31.3 Å². The summed E-state index contributed by atoms with van der Waals surface area (Å²) in [7, 11) is 0. The molecule has 1 saturated carbocycles. The summed E-state index contributed by atoms with van der Waals surface area (Å²) >= 11 is 1.43. The minimum Gasteiger partial charge on any atom is -0.385 e. The van der Waals surface area contributed by atoms with Gasteiger partial charge in [0.25, 0.3) is 0 Å². The average Bonchev–Trinajstić information content (AvgIpc) is 3.24. The summed E-state index contributed by atoms with van der Waals surface area (Å²) in [6.07, 6.45) is 4.67. The summed E-state index contributed by atoms with van der Waals surface area (Å²) in [4.78, 5) is 7.39. The topological polar surface area (TPSA) is 85.5 Å². The number of ether oxygens (including phenoxy) is 2. The van der Waals surface area contributed by atoms with Gasteiger partial charge in [0, 0.05) is 18.7 Å². The quantitative estimate of drug-likeness (QED) is 0.641. The fourth-order valence-corrected chi connectivity index (χ4v) is 5.79. The third-order valence-corrected chi connectivity index (χ3v) is 7.70. The number of aliphatic hydroxyl groups is 1. The van der Waals surface area contributed by atoms with Crippen molar-refractivity contribution in [3.63, 3.8) is 0 Å². The largest absolute Gasteiger partial charge is 0.385 e. The zero-order chi connectivity index (χ0) is 21.9. The number of anilines is 1. The molecule has 32 heavy (non-hydrogen) atoms. The Bertz CT molecular complexity index is 1150. The van der Waals surface area contributed by atoms with Crippen LogP contribution < -0.4 is 4.90 Å². The van der Waals surface area contributed by atoms with E-state index in [2.05, 4.69) is 24.0 Å². The summed E-state index contributed by atoms with van der Waals surface area (Å²) < 4.78 is 19.5. The monoisotopic (exact) mass is 455 g/mol. The van der Waals surface area contributed by atoms with Gasteiger partial charge < -0.3 is 19.5 Å². The molecule has 1 N–H and O–H groups in total. The van der Waals surface area contributed by atoms with Crippen molar-refractivity contribution in [3.8, 4) is 11.4 Å². The predicted octanol–water partition coefficient (Wildman–Crippen LogP) is 3.77. The average molecular weight is 456 g/mol. The van der Waals surface area contributed by atoms with Crippen LogP contribution in [-0.2, 0) is 15.1 Å². The molecule has 1 aliphatic carbocycles. The number of fused-ring (bicyclic) bond motifs is 1. The molecule has 0 aromatic carbocycles. The highest BCUT2D eigenvalue weighted by Crippen LogP contribution is 2.50. The molecule has 2 atom stereocenters. The van der Waals surface area contributed by atoms with E-state index in [1.807, 2.05) is 11.6 Å². The molecule has 1 unspecified atom stereocenters. The molecule has 3 aromatic heterocycles. The van der Waals surface area contributed by atoms with Crippen LogP contribution in [0.4, 0.5) is 5.82 Å². The Morgan fingerprint density at radius 2 is 2.09 bits per heavy atom. The second-order valence-corrected chi connectivity index (χ2v) is 10.1. The molecule has 8 nitrogen and oxygen atoms in total. The van der Waals surface area contributed by atoms with E-state index >= 15 is 0 Å². The van der Waals surface area contributed by atoms with Crippen molar-refractivity contribution in [1.29, 1.82) is 0 Å². The SMILES string of the molecule is Cc1cc(-c2nsc3c(C4(O)CC4)cc(N4CCOC[C@H]4C)nc23)n(C2CCCCO2)n1. The number of morpholine rings is 1. The van der Waals surface area contributed by atoms with Gasteiger partial charge in [0.15, 0.2) is 6.23 Å². The van der Waals surface area contributed by atoms with Crippen molar-refractivity contribution >= 4 is 27.6 Å². The van der Waals surface area contributed by atoms with Crippen molar-refractivity contribution in [2.45, 2.75) is 63.8 Å². The number of nitrogens with zero attached hydrogens (tertiary/aromatic N) is 5. The summed E-state index contributed by atoms with van der Waals surface area (Å²) in [6, 6.07) is 4.38. The molecule has 9 heteroatoms. The van der Waals surface area contributed by atoms with Gasteiger partial charge in [-0.2, -0.15) is 9.47 Å². The third-order valence-electron chi connectivity index (χ3n) is 6.83. The van der Waals surface area contributed by atoms with Gasteiger partial charge in [-0.25, -0.2) is 9.67 Å². The number of aryl methyl sites for hydroxylation is 1. The van der Waals surface area contributed by atoms with Crippen molar-refractivity contribution in [3.05, 3.63) is 23.4 Å². The standard InChI is InChI=1S/C23H29N5O3S/c1-14-11-17(28(25-14)19-5-3-4-9-31-19)20-21-22(32-26-20)16(23(29)6-7-23)12-18(24-21)27-8-10-30-13-15(27)2/h11-12,15,19,29H,3-10,13H2,1-2H3/t15-,19?/m1/s1. The van der Waals surface area contributed by atoms with Crippen LogP contribution in [0.25, 0.3) is 21.6 Å². The van der Waals surface area contributed by atoms with Crippen LogP contribution >= 0.6 is 11.5 Å².